The predicted octanol–water partition coefficient (Wildman–Crippen LogP) is 5.56. The minimum atomic E-state index is -0.324. The summed E-state index contributed by atoms with van der Waals surface area (Å²) in [5.74, 6) is -0.539. The predicted molar refractivity (Wildman–Crippen MR) is 140 cm³/mol. The molecule has 1 aromatic heterocycles. The van der Waals surface area contributed by atoms with Crippen LogP contribution in [0.5, 0.6) is 0 Å². The molecule has 0 bridgehead atoms. The molecule has 1 aliphatic rings. The van der Waals surface area contributed by atoms with Gasteiger partial charge in [0.25, 0.3) is 11.8 Å². The number of aromatic nitrogens is 2. The summed E-state index contributed by atoms with van der Waals surface area (Å²) >= 11 is 12.6. The van der Waals surface area contributed by atoms with Crippen molar-refractivity contribution in [3.05, 3.63) is 123 Å². The van der Waals surface area contributed by atoms with Crippen LogP contribution in [0.25, 0.3) is 0 Å². The molecule has 1 aliphatic heterocycles. The molecule has 3 aromatic carbocycles. The lowest BCUT2D eigenvalue weighted by molar-refractivity contribution is 0.0683. The number of nitrogens with one attached hydrogen (secondary N) is 1. The lowest BCUT2D eigenvalue weighted by Gasteiger charge is -2.28. The van der Waals surface area contributed by atoms with Crippen molar-refractivity contribution in [1.82, 2.24) is 20.0 Å². The van der Waals surface area contributed by atoms with Crippen LogP contribution in [0.4, 0.5) is 0 Å². The fraction of sp³-hybridized carbons (Fsp3) is 0.179. The highest BCUT2D eigenvalue weighted by Crippen LogP contribution is 2.27. The molecule has 0 saturated heterocycles. The van der Waals surface area contributed by atoms with Crippen molar-refractivity contribution in [3.8, 4) is 0 Å². The molecule has 36 heavy (non-hydrogen) atoms. The second kappa shape index (κ2) is 10.6. The van der Waals surface area contributed by atoms with E-state index in [4.69, 9.17) is 23.2 Å². The molecule has 182 valence electrons. The topological polar surface area (TPSA) is 67.2 Å². The number of carbonyl (C=O) groups is 2. The zero-order valence-electron chi connectivity index (χ0n) is 19.4. The van der Waals surface area contributed by atoms with E-state index in [0.717, 1.165) is 11.1 Å². The van der Waals surface area contributed by atoms with Crippen molar-refractivity contribution in [2.45, 2.75) is 25.6 Å². The van der Waals surface area contributed by atoms with Crippen molar-refractivity contribution in [2.75, 3.05) is 6.54 Å². The van der Waals surface area contributed by atoms with E-state index >= 15 is 0 Å². The first kappa shape index (κ1) is 24.1. The first-order chi connectivity index (χ1) is 17.5. The molecule has 8 heteroatoms. The standard InChI is InChI=1S/C28H24Cl2N4O2/c29-22-12-7-13-23(30)21(22)18-33-14-15-34-26(28(33)36)17-25(32-34)27(35)31-24(20-10-5-2-6-11-20)16-19-8-3-1-4-9-19/h1-13,17,24H,14-16,18H2,(H,31,35)/t24-/m1/s1. The van der Waals surface area contributed by atoms with Gasteiger partial charge in [-0.3, -0.25) is 14.3 Å². The quantitative estimate of drug-likeness (QED) is 0.348. The molecule has 0 unspecified atom stereocenters. The first-order valence-electron chi connectivity index (χ1n) is 11.7. The van der Waals surface area contributed by atoms with Gasteiger partial charge < -0.3 is 10.2 Å². The number of nitrogens with zero attached hydrogens (tertiary/aromatic N) is 3. The van der Waals surface area contributed by atoms with Crippen LogP contribution in [-0.4, -0.2) is 33.0 Å². The second-order valence-corrected chi connectivity index (χ2v) is 9.51. The third-order valence-corrected chi connectivity index (χ3v) is 7.01. The maximum atomic E-state index is 13.3. The van der Waals surface area contributed by atoms with Crippen LogP contribution in [0, 0.1) is 0 Å². The molecular weight excluding hydrogens is 495 g/mol. The van der Waals surface area contributed by atoms with Crippen LogP contribution in [0.1, 0.15) is 43.7 Å². The molecule has 2 heterocycles. The van der Waals surface area contributed by atoms with Gasteiger partial charge in [0.2, 0.25) is 0 Å². The van der Waals surface area contributed by atoms with E-state index in [1.54, 1.807) is 33.8 Å². The summed E-state index contributed by atoms with van der Waals surface area (Å²) < 4.78 is 1.59. The molecule has 0 aliphatic carbocycles. The maximum Gasteiger partial charge on any atom is 0.272 e. The first-order valence-corrected chi connectivity index (χ1v) is 12.4. The molecule has 6 nitrogen and oxygen atoms in total. The number of halogens is 2. The smallest absolute Gasteiger partial charge is 0.272 e. The minimum absolute atomic E-state index is 0.213. The number of hydrogen-bond donors (Lipinski definition) is 1. The van der Waals surface area contributed by atoms with Gasteiger partial charge in [-0.05, 0) is 29.7 Å². The Labute approximate surface area is 219 Å². The van der Waals surface area contributed by atoms with Crippen molar-refractivity contribution < 1.29 is 9.59 Å². The minimum Gasteiger partial charge on any atom is -0.344 e. The largest absolute Gasteiger partial charge is 0.344 e. The number of fused-ring (bicyclic) bond motifs is 1. The summed E-state index contributed by atoms with van der Waals surface area (Å²) in [7, 11) is 0. The van der Waals surface area contributed by atoms with Gasteiger partial charge in [0.1, 0.15) is 5.69 Å². The molecule has 4 aromatic rings. The lowest BCUT2D eigenvalue weighted by Crippen LogP contribution is -2.39. The summed E-state index contributed by atoms with van der Waals surface area (Å²) in [6.45, 7) is 1.20. The molecule has 0 saturated carbocycles. The van der Waals surface area contributed by atoms with E-state index in [9.17, 15) is 9.59 Å². The third kappa shape index (κ3) is 5.15. The zero-order valence-corrected chi connectivity index (χ0v) is 20.9. The Bertz CT molecular complexity index is 1370. The Morgan fingerprint density at radius 2 is 1.58 bits per heavy atom. The van der Waals surface area contributed by atoms with E-state index in [2.05, 4.69) is 10.4 Å². The molecule has 5 rings (SSSR count). The van der Waals surface area contributed by atoms with Gasteiger partial charge >= 0.3 is 0 Å². The van der Waals surface area contributed by atoms with Crippen LogP contribution >= 0.6 is 23.2 Å². The normalized spacial score (nSPS) is 13.8. The molecule has 0 spiro atoms. The number of benzene rings is 3. The Hall–Kier alpha value is -3.61. The highest BCUT2D eigenvalue weighted by Gasteiger charge is 2.29. The van der Waals surface area contributed by atoms with Crippen molar-refractivity contribution >= 4 is 35.0 Å². The molecule has 0 fully saturated rings. The van der Waals surface area contributed by atoms with E-state index in [1.807, 2.05) is 60.7 Å². The van der Waals surface area contributed by atoms with Gasteiger partial charge in [0, 0.05) is 34.8 Å². The summed E-state index contributed by atoms with van der Waals surface area (Å²) in [6.07, 6.45) is 0.634. The monoisotopic (exact) mass is 518 g/mol. The summed E-state index contributed by atoms with van der Waals surface area (Å²) in [6, 6.07) is 26.4. The number of amides is 2. The van der Waals surface area contributed by atoms with E-state index in [-0.39, 0.29) is 30.1 Å². The molecule has 1 N–H and O–H groups in total. The highest BCUT2D eigenvalue weighted by atomic mass is 35.5. The molecular formula is C28H24Cl2N4O2. The Morgan fingerprint density at radius 1 is 0.917 bits per heavy atom. The SMILES string of the molecule is O=C(N[C@H](Cc1ccccc1)c1ccccc1)c1cc2n(n1)CCN(Cc1c(Cl)cccc1Cl)C2=O. The number of rotatable bonds is 7. The van der Waals surface area contributed by atoms with Gasteiger partial charge in [-0.2, -0.15) is 5.10 Å². The number of hydrogen-bond acceptors (Lipinski definition) is 3. The van der Waals surface area contributed by atoms with Gasteiger partial charge in [-0.25, -0.2) is 0 Å². The maximum absolute atomic E-state index is 13.3. The fourth-order valence-electron chi connectivity index (χ4n) is 4.39. The van der Waals surface area contributed by atoms with Crippen molar-refractivity contribution in [2.24, 2.45) is 0 Å². The van der Waals surface area contributed by atoms with E-state index < -0.39 is 0 Å². The fourth-order valence-corrected chi connectivity index (χ4v) is 4.91. The molecule has 0 radical (unpaired) electrons. The van der Waals surface area contributed by atoms with Crippen LogP contribution in [-0.2, 0) is 19.5 Å². The van der Waals surface area contributed by atoms with Gasteiger partial charge in [-0.15, -0.1) is 0 Å². The summed E-state index contributed by atoms with van der Waals surface area (Å²) in [5, 5.41) is 8.58. The summed E-state index contributed by atoms with van der Waals surface area (Å²) in [4.78, 5) is 28.1. The van der Waals surface area contributed by atoms with Crippen molar-refractivity contribution in [3.63, 3.8) is 0 Å². The van der Waals surface area contributed by atoms with E-state index in [1.165, 1.54) is 0 Å². The molecule has 2 amide bonds. The summed E-state index contributed by atoms with van der Waals surface area (Å²) in [5.41, 5.74) is 3.39. The second-order valence-electron chi connectivity index (χ2n) is 8.69. The Kier molecular flexibility index (Phi) is 7.07. The average molecular weight is 519 g/mol. The van der Waals surface area contributed by atoms with Crippen LogP contribution < -0.4 is 5.32 Å². The van der Waals surface area contributed by atoms with E-state index in [0.29, 0.717) is 40.8 Å². The van der Waals surface area contributed by atoms with Crippen LogP contribution in [0.3, 0.4) is 0 Å². The van der Waals surface area contributed by atoms with Gasteiger partial charge in [0.05, 0.1) is 12.6 Å². The zero-order chi connectivity index (χ0) is 25.1. The Balaban J connectivity index is 1.34. The van der Waals surface area contributed by atoms with Crippen molar-refractivity contribution in [1.29, 1.82) is 0 Å². The Morgan fingerprint density at radius 3 is 2.28 bits per heavy atom. The highest BCUT2D eigenvalue weighted by molar-refractivity contribution is 6.36. The van der Waals surface area contributed by atoms with Crippen LogP contribution in [0.2, 0.25) is 10.0 Å². The third-order valence-electron chi connectivity index (χ3n) is 6.30. The lowest BCUT2D eigenvalue weighted by atomic mass is 9.98. The number of carbonyl (C=O) groups excluding carboxylic acids is 2. The van der Waals surface area contributed by atoms with Gasteiger partial charge in [-0.1, -0.05) is 89.9 Å². The average Bonchev–Trinajstić information content (AvgIpc) is 3.34. The molecule has 1 atom stereocenters. The van der Waals surface area contributed by atoms with Gasteiger partial charge in [0.15, 0.2) is 5.69 Å². The van der Waals surface area contributed by atoms with Crippen LogP contribution in [0.15, 0.2) is 84.9 Å².